The normalized spacial score (nSPS) is 17.9. The largest absolute Gasteiger partial charge is 0.300 e. The second-order valence-corrected chi connectivity index (χ2v) is 4.47. The average molecular weight is 260 g/mol. The Hall–Kier alpha value is -2.37. The van der Waals surface area contributed by atoms with Gasteiger partial charge in [-0.05, 0) is 26.0 Å². The van der Waals surface area contributed by atoms with Crippen LogP contribution in [0.1, 0.15) is 18.2 Å². The highest BCUT2D eigenvalue weighted by Gasteiger charge is 2.23. The van der Waals surface area contributed by atoms with E-state index in [1.807, 2.05) is 6.92 Å². The summed E-state index contributed by atoms with van der Waals surface area (Å²) in [7, 11) is 3.28. The van der Waals surface area contributed by atoms with Crippen molar-refractivity contribution >= 4 is 17.7 Å². The van der Waals surface area contributed by atoms with Gasteiger partial charge in [-0.1, -0.05) is 6.08 Å². The van der Waals surface area contributed by atoms with Crippen LogP contribution in [0.4, 0.5) is 0 Å². The van der Waals surface area contributed by atoms with Gasteiger partial charge in [0.1, 0.15) is 0 Å². The molecule has 0 bridgehead atoms. The number of allylic oxidation sites excluding steroid dienone is 2. The Morgan fingerprint density at radius 3 is 2.37 bits per heavy atom. The summed E-state index contributed by atoms with van der Waals surface area (Å²) in [5.41, 5.74) is 2.52. The van der Waals surface area contributed by atoms with Gasteiger partial charge >= 0.3 is 0 Å². The fourth-order valence-electron chi connectivity index (χ4n) is 1.99. The molecule has 1 amide bonds. The highest BCUT2D eigenvalue weighted by molar-refractivity contribution is 6.23. The smallest absolute Gasteiger partial charge is 0.275 e. The van der Waals surface area contributed by atoms with Crippen LogP contribution in [-0.2, 0) is 11.8 Å². The number of amides is 1. The molecule has 19 heavy (non-hydrogen) atoms. The van der Waals surface area contributed by atoms with Crippen molar-refractivity contribution < 1.29 is 4.79 Å². The van der Waals surface area contributed by atoms with E-state index < -0.39 is 0 Å². The third-order valence-corrected chi connectivity index (χ3v) is 3.01. The van der Waals surface area contributed by atoms with Gasteiger partial charge in [0.15, 0.2) is 0 Å². The standard InChI is InChI=1S/C13H16N4O2/c1-8-10(12(18)16(3)14-8)6-5-7-11-9(2)15-17(4)13(11)19/h5-7,14H,1-4H3. The maximum atomic E-state index is 11.8. The molecule has 6 heteroatoms. The first kappa shape index (κ1) is 13.1. The SMILES string of the molecule is CC1=NN(C)C(=O)C1=CC=Cc1c(C)[nH]n(C)c1=O. The number of aromatic nitrogens is 2. The molecule has 0 saturated heterocycles. The quantitative estimate of drug-likeness (QED) is 0.799. The lowest BCUT2D eigenvalue weighted by Crippen LogP contribution is -2.16. The molecule has 0 aromatic carbocycles. The minimum absolute atomic E-state index is 0.0904. The second-order valence-electron chi connectivity index (χ2n) is 4.47. The summed E-state index contributed by atoms with van der Waals surface area (Å²) in [6, 6.07) is 0. The molecular weight excluding hydrogens is 244 g/mol. The molecular formula is C13H16N4O2. The van der Waals surface area contributed by atoms with Crippen molar-refractivity contribution in [2.24, 2.45) is 12.1 Å². The molecule has 1 aliphatic rings. The van der Waals surface area contributed by atoms with Gasteiger partial charge in [-0.15, -0.1) is 0 Å². The molecule has 0 spiro atoms. The van der Waals surface area contributed by atoms with Gasteiger partial charge in [0.05, 0.1) is 16.8 Å². The van der Waals surface area contributed by atoms with Crippen molar-refractivity contribution in [1.29, 1.82) is 0 Å². The van der Waals surface area contributed by atoms with E-state index in [2.05, 4.69) is 10.2 Å². The lowest BCUT2D eigenvalue weighted by atomic mass is 10.1. The number of nitrogens with zero attached hydrogens (tertiary/aromatic N) is 3. The van der Waals surface area contributed by atoms with Crippen LogP contribution in [0, 0.1) is 6.92 Å². The third kappa shape index (κ3) is 2.29. The van der Waals surface area contributed by atoms with Crippen LogP contribution in [0.3, 0.4) is 0 Å². The Balaban J connectivity index is 2.28. The molecule has 1 aromatic heterocycles. The number of carbonyl (C=O) groups is 1. The molecule has 0 unspecified atom stereocenters. The molecule has 0 aliphatic carbocycles. The zero-order chi connectivity index (χ0) is 14.2. The number of carbonyl (C=O) groups excluding carboxylic acids is 1. The predicted molar refractivity (Wildman–Crippen MR) is 73.8 cm³/mol. The van der Waals surface area contributed by atoms with Crippen molar-refractivity contribution in [2.45, 2.75) is 13.8 Å². The Morgan fingerprint density at radius 1 is 1.21 bits per heavy atom. The Morgan fingerprint density at radius 2 is 1.89 bits per heavy atom. The van der Waals surface area contributed by atoms with E-state index >= 15 is 0 Å². The van der Waals surface area contributed by atoms with Gasteiger partial charge in [-0.25, -0.2) is 5.01 Å². The van der Waals surface area contributed by atoms with Gasteiger partial charge < -0.3 is 0 Å². The van der Waals surface area contributed by atoms with Gasteiger partial charge in [-0.2, -0.15) is 5.10 Å². The maximum absolute atomic E-state index is 11.8. The van der Waals surface area contributed by atoms with E-state index in [1.54, 1.807) is 39.2 Å². The molecule has 0 fully saturated rings. The second kappa shape index (κ2) is 4.72. The Kier molecular flexibility index (Phi) is 3.25. The number of nitrogens with one attached hydrogen (secondary N) is 1. The first-order valence-electron chi connectivity index (χ1n) is 5.89. The van der Waals surface area contributed by atoms with Gasteiger partial charge in [0, 0.05) is 19.8 Å². The molecule has 1 aromatic rings. The predicted octanol–water partition coefficient (Wildman–Crippen LogP) is 0.809. The van der Waals surface area contributed by atoms with Crippen molar-refractivity contribution in [1.82, 2.24) is 14.8 Å². The first-order valence-corrected chi connectivity index (χ1v) is 5.89. The fourth-order valence-corrected chi connectivity index (χ4v) is 1.99. The van der Waals surface area contributed by atoms with Crippen molar-refractivity contribution in [3.8, 4) is 0 Å². The number of aromatic amines is 1. The van der Waals surface area contributed by atoms with Crippen molar-refractivity contribution in [2.75, 3.05) is 7.05 Å². The first-order chi connectivity index (χ1) is 8.91. The monoisotopic (exact) mass is 260 g/mol. The van der Waals surface area contributed by atoms with Crippen LogP contribution in [-0.4, -0.2) is 33.5 Å². The van der Waals surface area contributed by atoms with E-state index in [-0.39, 0.29) is 11.5 Å². The molecule has 0 saturated carbocycles. The van der Waals surface area contributed by atoms with Crippen LogP contribution < -0.4 is 5.56 Å². The molecule has 0 atom stereocenters. The summed E-state index contributed by atoms with van der Waals surface area (Å²) >= 11 is 0. The molecule has 6 nitrogen and oxygen atoms in total. The number of likely N-dealkylation sites (N-methyl/N-ethyl adjacent to an activating group) is 1. The van der Waals surface area contributed by atoms with E-state index in [0.717, 1.165) is 5.69 Å². The van der Waals surface area contributed by atoms with Crippen LogP contribution in [0.5, 0.6) is 0 Å². The van der Waals surface area contributed by atoms with Gasteiger partial charge in [-0.3, -0.25) is 19.4 Å². The lowest BCUT2D eigenvalue weighted by molar-refractivity contribution is -0.124. The highest BCUT2D eigenvalue weighted by atomic mass is 16.2. The molecule has 1 aliphatic heterocycles. The summed E-state index contributed by atoms with van der Waals surface area (Å²) in [6.45, 7) is 3.61. The maximum Gasteiger partial charge on any atom is 0.275 e. The van der Waals surface area contributed by atoms with Crippen molar-refractivity contribution in [3.63, 3.8) is 0 Å². The lowest BCUT2D eigenvalue weighted by Gasteiger charge is -2.00. The number of hydrogen-bond acceptors (Lipinski definition) is 3. The number of rotatable bonds is 2. The van der Waals surface area contributed by atoms with Crippen LogP contribution in [0.15, 0.2) is 27.6 Å². The zero-order valence-electron chi connectivity index (χ0n) is 11.4. The number of H-pyrrole nitrogens is 1. The minimum Gasteiger partial charge on any atom is -0.300 e. The zero-order valence-corrected chi connectivity index (χ0v) is 11.4. The molecule has 0 radical (unpaired) electrons. The summed E-state index contributed by atoms with van der Waals surface area (Å²) in [5, 5.41) is 8.26. The number of hydrogen-bond donors (Lipinski definition) is 1. The summed E-state index contributed by atoms with van der Waals surface area (Å²) in [6.07, 6.45) is 5.07. The summed E-state index contributed by atoms with van der Waals surface area (Å²) in [4.78, 5) is 23.5. The van der Waals surface area contributed by atoms with Crippen molar-refractivity contribution in [3.05, 3.63) is 39.3 Å². The highest BCUT2D eigenvalue weighted by Crippen LogP contribution is 2.13. The van der Waals surface area contributed by atoms with E-state index in [0.29, 0.717) is 16.8 Å². The van der Waals surface area contributed by atoms with Crippen LogP contribution >= 0.6 is 0 Å². The Bertz CT molecular complexity index is 673. The van der Waals surface area contributed by atoms with Crippen LogP contribution in [0.2, 0.25) is 0 Å². The fraction of sp³-hybridized carbons (Fsp3) is 0.308. The minimum atomic E-state index is -0.138. The summed E-state index contributed by atoms with van der Waals surface area (Å²) in [5.74, 6) is -0.138. The summed E-state index contributed by atoms with van der Waals surface area (Å²) < 4.78 is 1.42. The topological polar surface area (TPSA) is 70.5 Å². The average Bonchev–Trinajstić information content (AvgIpc) is 2.72. The Labute approximate surface area is 110 Å². The van der Waals surface area contributed by atoms with E-state index in [1.165, 1.54) is 9.69 Å². The molecule has 1 N–H and O–H groups in total. The van der Waals surface area contributed by atoms with E-state index in [4.69, 9.17) is 0 Å². The number of aryl methyl sites for hydroxylation is 2. The van der Waals surface area contributed by atoms with Gasteiger partial charge in [0.25, 0.3) is 11.5 Å². The molecule has 100 valence electrons. The molecule has 2 rings (SSSR count). The molecule has 2 heterocycles. The number of hydrazone groups is 1. The van der Waals surface area contributed by atoms with Gasteiger partial charge in [0.2, 0.25) is 0 Å². The third-order valence-electron chi connectivity index (χ3n) is 3.01. The van der Waals surface area contributed by atoms with E-state index in [9.17, 15) is 9.59 Å². The van der Waals surface area contributed by atoms with Crippen LogP contribution in [0.25, 0.3) is 6.08 Å².